The van der Waals surface area contributed by atoms with E-state index in [9.17, 15) is 4.79 Å². The van der Waals surface area contributed by atoms with Crippen LogP contribution >= 0.6 is 11.3 Å². The maximum Gasteiger partial charge on any atom is 0.310 e. The Morgan fingerprint density at radius 2 is 2.31 bits per heavy atom. The molecule has 6 heteroatoms. The van der Waals surface area contributed by atoms with E-state index in [0.717, 1.165) is 0 Å². The van der Waals surface area contributed by atoms with Crippen LogP contribution in [-0.4, -0.2) is 28.3 Å². The lowest BCUT2D eigenvalue weighted by Crippen LogP contribution is -2.27. The summed E-state index contributed by atoms with van der Waals surface area (Å²) in [6.45, 7) is 5.31. The first-order valence-electron chi connectivity index (χ1n) is 4.79. The SMILES string of the molecule is CC(=NCC(C)(C)C(=O)O)c1csc(N)n1. The number of hydrogen-bond acceptors (Lipinski definition) is 5. The van der Waals surface area contributed by atoms with Gasteiger partial charge in [-0.2, -0.15) is 0 Å². The molecule has 1 aromatic rings. The molecular weight excluding hydrogens is 226 g/mol. The Bertz CT molecular complexity index is 423. The molecule has 0 amide bonds. The monoisotopic (exact) mass is 241 g/mol. The summed E-state index contributed by atoms with van der Waals surface area (Å²) in [6, 6.07) is 0. The molecular formula is C10H15N3O2S. The second-order valence-corrected chi connectivity index (χ2v) is 5.05. The standard InChI is InChI=1S/C10H15N3O2S/c1-6(7-4-16-9(11)13-7)12-5-10(2,3)8(14)15/h4H,5H2,1-3H3,(H2,11,13)(H,14,15). The van der Waals surface area contributed by atoms with Gasteiger partial charge in [0, 0.05) is 5.38 Å². The predicted molar refractivity (Wildman–Crippen MR) is 65.0 cm³/mol. The number of aliphatic carboxylic acids is 1. The molecule has 88 valence electrons. The summed E-state index contributed by atoms with van der Waals surface area (Å²) >= 11 is 1.34. The zero-order valence-electron chi connectivity index (χ0n) is 9.52. The van der Waals surface area contributed by atoms with Gasteiger partial charge in [0.1, 0.15) is 0 Å². The minimum atomic E-state index is -0.859. The van der Waals surface area contributed by atoms with Crippen molar-refractivity contribution in [2.45, 2.75) is 20.8 Å². The summed E-state index contributed by atoms with van der Waals surface area (Å²) in [6.07, 6.45) is 0. The Kier molecular flexibility index (Phi) is 3.64. The minimum Gasteiger partial charge on any atom is -0.481 e. The molecule has 0 aromatic carbocycles. The Morgan fingerprint density at radius 3 is 2.75 bits per heavy atom. The molecule has 0 saturated heterocycles. The average molecular weight is 241 g/mol. The first kappa shape index (κ1) is 12.6. The van der Waals surface area contributed by atoms with E-state index in [-0.39, 0.29) is 6.54 Å². The van der Waals surface area contributed by atoms with Gasteiger partial charge in [-0.15, -0.1) is 11.3 Å². The number of carbonyl (C=O) groups is 1. The summed E-state index contributed by atoms with van der Waals surface area (Å²) in [4.78, 5) is 19.2. The van der Waals surface area contributed by atoms with Crippen LogP contribution in [0.3, 0.4) is 0 Å². The van der Waals surface area contributed by atoms with E-state index >= 15 is 0 Å². The van der Waals surface area contributed by atoms with Crippen molar-refractivity contribution in [2.75, 3.05) is 12.3 Å². The van der Waals surface area contributed by atoms with Crippen molar-refractivity contribution in [3.05, 3.63) is 11.1 Å². The summed E-state index contributed by atoms with van der Waals surface area (Å²) in [7, 11) is 0. The van der Waals surface area contributed by atoms with E-state index in [1.54, 1.807) is 20.8 Å². The lowest BCUT2D eigenvalue weighted by Gasteiger charge is -2.15. The molecule has 0 aliphatic carbocycles. The van der Waals surface area contributed by atoms with Crippen LogP contribution in [0.4, 0.5) is 5.13 Å². The fourth-order valence-electron chi connectivity index (χ4n) is 0.919. The molecule has 16 heavy (non-hydrogen) atoms. The fourth-order valence-corrected chi connectivity index (χ4v) is 1.53. The maximum absolute atomic E-state index is 10.9. The van der Waals surface area contributed by atoms with Crippen LogP contribution in [0.2, 0.25) is 0 Å². The van der Waals surface area contributed by atoms with Gasteiger partial charge < -0.3 is 10.8 Å². The molecule has 0 aliphatic heterocycles. The number of aliphatic imine (C=N–C) groups is 1. The van der Waals surface area contributed by atoms with Gasteiger partial charge >= 0.3 is 5.97 Å². The summed E-state index contributed by atoms with van der Waals surface area (Å²) in [5.41, 5.74) is 6.07. The lowest BCUT2D eigenvalue weighted by molar-refractivity contribution is -0.146. The van der Waals surface area contributed by atoms with Gasteiger partial charge in [0.05, 0.1) is 23.4 Å². The van der Waals surface area contributed by atoms with Crippen molar-refractivity contribution >= 4 is 28.1 Å². The van der Waals surface area contributed by atoms with Crippen molar-refractivity contribution in [3.8, 4) is 0 Å². The largest absolute Gasteiger partial charge is 0.481 e. The summed E-state index contributed by atoms with van der Waals surface area (Å²) in [5, 5.41) is 11.2. The molecule has 1 heterocycles. The van der Waals surface area contributed by atoms with E-state index in [0.29, 0.717) is 16.5 Å². The Balaban J connectivity index is 2.75. The number of hydrogen-bond donors (Lipinski definition) is 2. The molecule has 0 bridgehead atoms. The third kappa shape index (κ3) is 3.03. The van der Waals surface area contributed by atoms with Crippen molar-refractivity contribution in [3.63, 3.8) is 0 Å². The molecule has 3 N–H and O–H groups in total. The molecule has 0 spiro atoms. The number of nitrogens with two attached hydrogens (primary N) is 1. The molecule has 0 atom stereocenters. The highest BCUT2D eigenvalue weighted by Crippen LogP contribution is 2.17. The Labute approximate surface area is 98.0 Å². The molecule has 1 rings (SSSR count). The highest BCUT2D eigenvalue weighted by atomic mass is 32.1. The van der Waals surface area contributed by atoms with E-state index in [1.807, 2.05) is 5.38 Å². The summed E-state index contributed by atoms with van der Waals surface area (Å²) in [5.74, 6) is -0.859. The van der Waals surface area contributed by atoms with Crippen LogP contribution < -0.4 is 5.73 Å². The van der Waals surface area contributed by atoms with Crippen LogP contribution in [0.15, 0.2) is 10.4 Å². The minimum absolute atomic E-state index is 0.228. The molecule has 0 radical (unpaired) electrons. The fraction of sp³-hybridized carbons (Fsp3) is 0.500. The zero-order valence-corrected chi connectivity index (χ0v) is 10.3. The smallest absolute Gasteiger partial charge is 0.310 e. The Hall–Kier alpha value is -1.43. The maximum atomic E-state index is 10.9. The molecule has 1 aromatic heterocycles. The van der Waals surface area contributed by atoms with Crippen LogP contribution in [0.5, 0.6) is 0 Å². The molecule has 0 fully saturated rings. The molecule has 0 saturated carbocycles. The predicted octanol–water partition coefficient (Wildman–Crippen LogP) is 1.65. The van der Waals surface area contributed by atoms with Gasteiger partial charge in [0.2, 0.25) is 0 Å². The van der Waals surface area contributed by atoms with Gasteiger partial charge in [-0.1, -0.05) is 0 Å². The second-order valence-electron chi connectivity index (χ2n) is 4.16. The van der Waals surface area contributed by atoms with Crippen LogP contribution in [0.25, 0.3) is 0 Å². The highest BCUT2D eigenvalue weighted by molar-refractivity contribution is 7.13. The summed E-state index contributed by atoms with van der Waals surface area (Å²) < 4.78 is 0. The van der Waals surface area contributed by atoms with Crippen molar-refractivity contribution in [1.29, 1.82) is 0 Å². The van der Waals surface area contributed by atoms with E-state index in [1.165, 1.54) is 11.3 Å². The number of nitrogen functional groups attached to an aromatic ring is 1. The van der Waals surface area contributed by atoms with Crippen LogP contribution in [-0.2, 0) is 4.79 Å². The van der Waals surface area contributed by atoms with E-state index < -0.39 is 11.4 Å². The number of carboxylic acid groups (broad SMARTS) is 1. The van der Waals surface area contributed by atoms with E-state index in [4.69, 9.17) is 10.8 Å². The van der Waals surface area contributed by atoms with E-state index in [2.05, 4.69) is 9.98 Å². The average Bonchev–Trinajstić information content (AvgIpc) is 2.61. The van der Waals surface area contributed by atoms with Crippen LogP contribution in [0, 0.1) is 5.41 Å². The normalized spacial score (nSPS) is 12.8. The number of carboxylic acids is 1. The van der Waals surface area contributed by atoms with Gasteiger partial charge in [0.25, 0.3) is 0 Å². The number of rotatable bonds is 4. The number of aromatic nitrogens is 1. The molecule has 0 aliphatic rings. The third-order valence-corrected chi connectivity index (χ3v) is 2.86. The highest BCUT2D eigenvalue weighted by Gasteiger charge is 2.26. The van der Waals surface area contributed by atoms with Gasteiger partial charge in [-0.3, -0.25) is 9.79 Å². The third-order valence-electron chi connectivity index (χ3n) is 2.18. The van der Waals surface area contributed by atoms with Crippen molar-refractivity contribution < 1.29 is 9.90 Å². The first-order chi connectivity index (χ1) is 7.33. The Morgan fingerprint density at radius 1 is 1.69 bits per heavy atom. The number of nitrogens with zero attached hydrogens (tertiary/aromatic N) is 2. The van der Waals surface area contributed by atoms with Gasteiger partial charge in [0.15, 0.2) is 5.13 Å². The topological polar surface area (TPSA) is 88.6 Å². The van der Waals surface area contributed by atoms with Gasteiger partial charge in [-0.25, -0.2) is 4.98 Å². The second kappa shape index (κ2) is 4.61. The van der Waals surface area contributed by atoms with Crippen LogP contribution in [0.1, 0.15) is 26.5 Å². The molecule has 0 unspecified atom stereocenters. The molecule has 5 nitrogen and oxygen atoms in total. The lowest BCUT2D eigenvalue weighted by atomic mass is 9.94. The van der Waals surface area contributed by atoms with Crippen molar-refractivity contribution in [1.82, 2.24) is 4.98 Å². The number of thiazole rings is 1. The quantitative estimate of drug-likeness (QED) is 0.784. The zero-order chi connectivity index (χ0) is 12.3. The number of anilines is 1. The van der Waals surface area contributed by atoms with Crippen molar-refractivity contribution in [2.24, 2.45) is 10.4 Å². The van der Waals surface area contributed by atoms with Gasteiger partial charge in [-0.05, 0) is 20.8 Å². The first-order valence-corrected chi connectivity index (χ1v) is 5.67.